The number of ether oxygens (including phenoxy) is 1. The number of carbonyl (C=O) groups is 1. The van der Waals surface area contributed by atoms with E-state index in [2.05, 4.69) is 0 Å². The van der Waals surface area contributed by atoms with Crippen LogP contribution in [0.15, 0.2) is 0 Å². The smallest absolute Gasteiger partial charge is 0.373 e. The molecule has 1 aliphatic carbocycles. The van der Waals surface area contributed by atoms with Gasteiger partial charge < -0.3 is 9.64 Å². The summed E-state index contributed by atoms with van der Waals surface area (Å²) in [5, 5.41) is 0. The third-order valence-corrected chi connectivity index (χ3v) is 4.51. The second kappa shape index (κ2) is 6.52. The predicted octanol–water partition coefficient (Wildman–Crippen LogP) is 2.82. The van der Waals surface area contributed by atoms with Crippen LogP contribution < -0.4 is 0 Å². The summed E-state index contributed by atoms with van der Waals surface area (Å²) in [4.78, 5) is 14.0. The quantitative estimate of drug-likeness (QED) is 0.734. The molecule has 0 bridgehead atoms. The average Bonchev–Trinajstić information content (AvgIpc) is 2.46. The van der Waals surface area contributed by atoms with Crippen LogP contribution in [0.1, 0.15) is 25.7 Å². The summed E-state index contributed by atoms with van der Waals surface area (Å²) in [6.07, 6.45) is -3.53. The van der Waals surface area contributed by atoms with Crippen molar-refractivity contribution in [2.45, 2.75) is 38.0 Å². The van der Waals surface area contributed by atoms with E-state index < -0.39 is 12.1 Å². The minimum Gasteiger partial charge on any atom is -0.373 e. The third-order valence-electron chi connectivity index (χ3n) is 4.16. The Kier molecular flexibility index (Phi) is 5.18. The number of hydrogen-bond donors (Lipinski definition) is 0. The van der Waals surface area contributed by atoms with Gasteiger partial charge in [-0.2, -0.15) is 13.2 Å². The van der Waals surface area contributed by atoms with Crippen LogP contribution in [0.3, 0.4) is 0 Å². The highest BCUT2D eigenvalue weighted by molar-refractivity contribution is 6.18. The van der Waals surface area contributed by atoms with E-state index in [1.165, 1.54) is 0 Å². The summed E-state index contributed by atoms with van der Waals surface area (Å²) in [7, 11) is 0. The number of hydrogen-bond acceptors (Lipinski definition) is 2. The Labute approximate surface area is 121 Å². The maximum Gasteiger partial charge on any atom is 0.391 e. The minimum absolute atomic E-state index is 0.0379. The van der Waals surface area contributed by atoms with Gasteiger partial charge in [-0.3, -0.25) is 4.79 Å². The Morgan fingerprint density at radius 2 is 1.90 bits per heavy atom. The molecule has 1 heterocycles. The van der Waals surface area contributed by atoms with E-state index in [-0.39, 0.29) is 30.8 Å². The Bertz CT molecular complexity index is 343. The predicted molar refractivity (Wildman–Crippen MR) is 68.5 cm³/mol. The van der Waals surface area contributed by atoms with E-state index in [1.807, 2.05) is 0 Å². The van der Waals surface area contributed by atoms with Gasteiger partial charge in [-0.1, -0.05) is 0 Å². The van der Waals surface area contributed by atoms with Crippen molar-refractivity contribution < 1.29 is 22.7 Å². The number of amides is 1. The van der Waals surface area contributed by atoms with Crippen LogP contribution in [0.2, 0.25) is 0 Å². The lowest BCUT2D eigenvalue weighted by Crippen LogP contribution is -2.49. The van der Waals surface area contributed by atoms with Gasteiger partial charge in [0, 0.05) is 19.0 Å². The van der Waals surface area contributed by atoms with E-state index in [1.54, 1.807) is 4.90 Å². The second-order valence-electron chi connectivity index (χ2n) is 5.52. The molecule has 0 aromatic carbocycles. The Morgan fingerprint density at radius 1 is 1.25 bits per heavy atom. The number of halogens is 4. The van der Waals surface area contributed by atoms with E-state index >= 15 is 0 Å². The molecule has 1 aliphatic heterocycles. The van der Waals surface area contributed by atoms with Gasteiger partial charge in [0.25, 0.3) is 0 Å². The van der Waals surface area contributed by atoms with Crippen molar-refractivity contribution in [2.75, 3.05) is 25.6 Å². The van der Waals surface area contributed by atoms with E-state index in [0.29, 0.717) is 38.4 Å². The zero-order chi connectivity index (χ0) is 14.8. The number of morpholine rings is 1. The van der Waals surface area contributed by atoms with Gasteiger partial charge >= 0.3 is 6.18 Å². The van der Waals surface area contributed by atoms with Gasteiger partial charge in [0.1, 0.15) is 0 Å². The summed E-state index contributed by atoms with van der Waals surface area (Å²) in [5.41, 5.74) is 0. The molecule has 0 aromatic rings. The molecule has 116 valence electrons. The van der Waals surface area contributed by atoms with Gasteiger partial charge in [-0.15, -0.1) is 11.6 Å². The van der Waals surface area contributed by atoms with Crippen LogP contribution in [0.25, 0.3) is 0 Å². The maximum atomic E-state index is 12.6. The lowest BCUT2D eigenvalue weighted by molar-refractivity contribution is -0.185. The van der Waals surface area contributed by atoms with Gasteiger partial charge in [0.2, 0.25) is 5.91 Å². The summed E-state index contributed by atoms with van der Waals surface area (Å²) < 4.78 is 43.2. The first-order valence-electron chi connectivity index (χ1n) is 6.95. The fourth-order valence-corrected chi connectivity index (χ4v) is 3.13. The maximum absolute atomic E-state index is 12.6. The van der Waals surface area contributed by atoms with Gasteiger partial charge in [-0.05, 0) is 25.7 Å². The molecule has 2 aliphatic rings. The molecule has 0 radical (unpaired) electrons. The molecule has 3 nitrogen and oxygen atoms in total. The van der Waals surface area contributed by atoms with Crippen LogP contribution >= 0.6 is 11.6 Å². The van der Waals surface area contributed by atoms with Crippen LogP contribution in [0.5, 0.6) is 0 Å². The van der Waals surface area contributed by atoms with Crippen LogP contribution in [0, 0.1) is 11.8 Å². The standard InChI is InChI=1S/C13H19ClF3NO2/c14-7-11-8-18(5-6-20-11)12(19)9-1-3-10(4-2-9)13(15,16)17/h9-11H,1-8H2. The average molecular weight is 314 g/mol. The van der Waals surface area contributed by atoms with Crippen LogP contribution in [0.4, 0.5) is 13.2 Å². The molecule has 0 N–H and O–H groups in total. The van der Waals surface area contributed by atoms with Gasteiger partial charge in [0.05, 0.1) is 24.5 Å². The van der Waals surface area contributed by atoms with Crippen molar-refractivity contribution >= 4 is 17.5 Å². The van der Waals surface area contributed by atoms with Crippen LogP contribution in [-0.2, 0) is 9.53 Å². The number of alkyl halides is 4. The summed E-state index contributed by atoms with van der Waals surface area (Å²) in [6, 6.07) is 0. The highest BCUT2D eigenvalue weighted by Gasteiger charge is 2.43. The molecule has 2 fully saturated rings. The first kappa shape index (κ1) is 15.9. The highest BCUT2D eigenvalue weighted by Crippen LogP contribution is 2.40. The van der Waals surface area contributed by atoms with Crippen molar-refractivity contribution in [3.05, 3.63) is 0 Å². The topological polar surface area (TPSA) is 29.5 Å². The number of nitrogens with zero attached hydrogens (tertiary/aromatic N) is 1. The molecule has 1 saturated heterocycles. The molecule has 1 saturated carbocycles. The monoisotopic (exact) mass is 313 g/mol. The molecule has 2 rings (SSSR count). The van der Waals surface area contributed by atoms with Gasteiger partial charge in [-0.25, -0.2) is 0 Å². The van der Waals surface area contributed by atoms with E-state index in [4.69, 9.17) is 16.3 Å². The lowest BCUT2D eigenvalue weighted by atomic mass is 9.81. The molecular weight excluding hydrogens is 295 g/mol. The van der Waals surface area contributed by atoms with Crippen molar-refractivity contribution in [1.29, 1.82) is 0 Å². The zero-order valence-electron chi connectivity index (χ0n) is 11.2. The number of carbonyl (C=O) groups excluding carboxylic acids is 1. The molecule has 20 heavy (non-hydrogen) atoms. The SMILES string of the molecule is O=C(C1CCC(C(F)(F)F)CC1)N1CCOC(CCl)C1. The Morgan fingerprint density at radius 3 is 2.45 bits per heavy atom. The van der Waals surface area contributed by atoms with E-state index in [0.717, 1.165) is 0 Å². The lowest BCUT2D eigenvalue weighted by Gasteiger charge is -2.36. The Hall–Kier alpha value is -0.490. The Balaban J connectivity index is 1.85. The molecule has 1 amide bonds. The third kappa shape index (κ3) is 3.79. The summed E-state index contributed by atoms with van der Waals surface area (Å²) >= 11 is 5.72. The van der Waals surface area contributed by atoms with Crippen molar-refractivity contribution in [3.8, 4) is 0 Å². The van der Waals surface area contributed by atoms with Crippen molar-refractivity contribution in [2.24, 2.45) is 11.8 Å². The zero-order valence-corrected chi connectivity index (χ0v) is 11.9. The number of rotatable bonds is 2. The normalized spacial score (nSPS) is 32.2. The summed E-state index contributed by atoms with van der Waals surface area (Å²) in [5.74, 6) is -1.23. The second-order valence-corrected chi connectivity index (χ2v) is 5.83. The van der Waals surface area contributed by atoms with Gasteiger partial charge in [0.15, 0.2) is 0 Å². The van der Waals surface area contributed by atoms with Crippen molar-refractivity contribution in [3.63, 3.8) is 0 Å². The minimum atomic E-state index is -4.13. The van der Waals surface area contributed by atoms with E-state index in [9.17, 15) is 18.0 Å². The molecule has 0 spiro atoms. The fraction of sp³-hybridized carbons (Fsp3) is 0.923. The molecular formula is C13H19ClF3NO2. The summed E-state index contributed by atoms with van der Waals surface area (Å²) in [6.45, 7) is 1.40. The largest absolute Gasteiger partial charge is 0.391 e. The highest BCUT2D eigenvalue weighted by atomic mass is 35.5. The first-order valence-corrected chi connectivity index (χ1v) is 7.48. The van der Waals surface area contributed by atoms with Crippen LogP contribution in [-0.4, -0.2) is 48.7 Å². The molecule has 0 aromatic heterocycles. The molecule has 1 unspecified atom stereocenters. The molecule has 7 heteroatoms. The molecule has 1 atom stereocenters. The fourth-order valence-electron chi connectivity index (χ4n) is 2.94. The van der Waals surface area contributed by atoms with Crippen molar-refractivity contribution in [1.82, 2.24) is 4.90 Å². The first-order chi connectivity index (χ1) is 9.41.